The molecule has 0 bridgehead atoms. The van der Waals surface area contributed by atoms with Crippen LogP contribution >= 0.6 is 0 Å². The zero-order valence-corrected chi connectivity index (χ0v) is 27.3. The molecule has 3 nitrogen and oxygen atoms in total. The summed E-state index contributed by atoms with van der Waals surface area (Å²) in [6, 6.07) is 0. The zero-order chi connectivity index (χ0) is 29.0. The number of hydrogen-bond acceptors (Lipinski definition) is 3. The van der Waals surface area contributed by atoms with E-state index in [9.17, 15) is 10.2 Å². The number of phenolic OH excluding ortho intramolecular Hbond substituents is 1. The molecule has 0 spiro atoms. The second-order valence-corrected chi connectivity index (χ2v) is 15.6. The number of benzene rings is 1. The van der Waals surface area contributed by atoms with Crippen molar-refractivity contribution in [2.45, 2.75) is 42.3 Å². The molecule has 36 heavy (non-hydrogen) atoms. The monoisotopic (exact) mass is 467 g/mol. The van der Waals surface area contributed by atoms with Crippen molar-refractivity contribution < 1.29 is 10.2 Å². The van der Waals surface area contributed by atoms with Gasteiger partial charge < -0.3 is 15.1 Å². The maximum atomic E-state index is 14.0. The highest BCUT2D eigenvalue weighted by molar-refractivity contribution is 6.71. The van der Waals surface area contributed by atoms with Crippen molar-refractivity contribution >= 4 is 155 Å². The van der Waals surface area contributed by atoms with Gasteiger partial charge in [-0.2, -0.15) is 0 Å². The molecule has 0 amide bonds. The van der Waals surface area contributed by atoms with Crippen LogP contribution in [0.1, 0.15) is 5.56 Å². The first-order chi connectivity index (χ1) is 15.6. The average Bonchev–Trinajstić information content (AvgIpc) is 2.73. The van der Waals surface area contributed by atoms with Gasteiger partial charge in [-0.05, 0) is 24.7 Å². The van der Waals surface area contributed by atoms with Crippen LogP contribution in [0.4, 0.5) is 0 Å². The Labute approximate surface area is 237 Å². The fourth-order valence-corrected chi connectivity index (χ4v) is 8.70. The summed E-state index contributed by atoms with van der Waals surface area (Å²) in [5.41, 5.74) is 3.99. The van der Waals surface area contributed by atoms with Crippen LogP contribution in [0.25, 0.3) is 0 Å². The smallest absolute Gasteiger partial charge is 0.143 e. The van der Waals surface area contributed by atoms with E-state index in [0.717, 1.165) is 21.9 Å². The molecule has 0 heterocycles. The minimum Gasteiger partial charge on any atom is -0.509 e. The lowest BCUT2D eigenvalue weighted by Crippen LogP contribution is -2.85. The summed E-state index contributed by atoms with van der Waals surface area (Å²) < 4.78 is 0. The summed E-state index contributed by atoms with van der Waals surface area (Å²) in [6.07, 6.45) is 0. The molecule has 0 aromatic heterocycles. The third-order valence-electron chi connectivity index (χ3n) is 14.2. The van der Waals surface area contributed by atoms with Crippen LogP contribution in [0, 0.1) is 0 Å². The van der Waals surface area contributed by atoms with Gasteiger partial charge in [0.05, 0.1) is 47.1 Å². The second kappa shape index (κ2) is 8.52. The normalized spacial score (nSPS) is 25.0. The average molecular weight is 464 g/mol. The predicted octanol–water partition coefficient (Wildman–Crippen LogP) is -17.6. The molecule has 0 aliphatic heterocycles. The topological polar surface area (TPSA) is 43.7 Å². The van der Waals surface area contributed by atoms with Crippen LogP contribution in [-0.4, -0.2) is 174 Å². The number of aliphatic hydroxyl groups is 1. The van der Waals surface area contributed by atoms with Crippen molar-refractivity contribution in [3.63, 3.8) is 0 Å². The molecular weight excluding hydrogens is 422 g/mol. The maximum absolute atomic E-state index is 14.0. The van der Waals surface area contributed by atoms with E-state index in [1.54, 1.807) is 0 Å². The summed E-state index contributed by atoms with van der Waals surface area (Å²) >= 11 is 0. The molecule has 0 saturated heterocycles. The zero-order valence-electron chi connectivity index (χ0n) is 27.3. The van der Waals surface area contributed by atoms with Crippen molar-refractivity contribution in [3.05, 3.63) is 5.56 Å². The summed E-state index contributed by atoms with van der Waals surface area (Å²) in [4.78, 5) is 2.29. The van der Waals surface area contributed by atoms with Crippen molar-refractivity contribution in [1.29, 1.82) is 0 Å². The molecule has 1 atom stereocenters. The lowest BCUT2D eigenvalue weighted by atomic mass is 8.97. The van der Waals surface area contributed by atoms with E-state index < -0.39 is 26.7 Å². The Morgan fingerprint density at radius 3 is 1.14 bits per heavy atom. The number of nitrogens with zero attached hydrogens (tertiary/aromatic N) is 1. The van der Waals surface area contributed by atoms with Crippen LogP contribution in [0.15, 0.2) is 0 Å². The molecule has 1 unspecified atom stereocenters. The number of hydrogen-bond donors (Lipinski definition) is 2. The van der Waals surface area contributed by atoms with Gasteiger partial charge in [-0.25, -0.2) is 0 Å². The molecule has 2 rings (SSSR count). The van der Waals surface area contributed by atoms with Crippen LogP contribution in [0.2, 0.25) is 26.1 Å². The van der Waals surface area contributed by atoms with Gasteiger partial charge in [0, 0.05) is 5.60 Å². The Balaban J connectivity index is 3.39. The molecule has 20 heteroatoms. The highest BCUT2D eigenvalue weighted by atomic mass is 16.3. The predicted molar refractivity (Wildman–Crippen MR) is 208 cm³/mol. The molecule has 1 aliphatic carbocycles. The largest absolute Gasteiger partial charge is 0.509 e. The molecule has 1 saturated carbocycles. The lowest BCUT2D eigenvalue weighted by Gasteiger charge is -2.83. The van der Waals surface area contributed by atoms with Crippen LogP contribution in [0.3, 0.4) is 0 Å². The van der Waals surface area contributed by atoms with Gasteiger partial charge in [0.25, 0.3) is 0 Å². The minimum atomic E-state index is -1.14. The number of aromatic hydroxyl groups is 1. The summed E-state index contributed by atoms with van der Waals surface area (Å²) in [5.74, 6) is 0.370. The molecule has 174 valence electrons. The van der Waals surface area contributed by atoms with Gasteiger partial charge in [-0.15, -0.1) is 5.21 Å². The quantitative estimate of drug-likeness (QED) is 0.436. The van der Waals surface area contributed by atoms with E-state index in [1.807, 2.05) is 15.7 Å². The minimum absolute atomic E-state index is 0.0622. The van der Waals surface area contributed by atoms with Crippen LogP contribution < -0.4 is 21.9 Å². The van der Waals surface area contributed by atoms with Crippen LogP contribution in [0.5, 0.6) is 5.75 Å². The van der Waals surface area contributed by atoms with E-state index in [2.05, 4.69) is 137 Å². The summed E-state index contributed by atoms with van der Waals surface area (Å²) in [5, 5.41) is 22.4. The first kappa shape index (κ1) is 32.3. The molecule has 1 aromatic rings. The van der Waals surface area contributed by atoms with Crippen molar-refractivity contribution in [1.82, 2.24) is 4.90 Å². The van der Waals surface area contributed by atoms with Gasteiger partial charge in [0.2, 0.25) is 0 Å². The molecule has 1 aliphatic rings. The molecule has 2 N–H and O–H groups in total. The SMILES string of the molecule is Bc1c(B)c(C(B)(C(B)(B)N(C)C)C2(O)C(B)(B)C(B)(B)C(B)(B)C(B)(B)C2(B)B)c(B)c(B)c1O. The first-order valence-corrected chi connectivity index (χ1v) is 13.8. The fraction of sp³-hybridized carbons (Fsp3) is 0.625. The van der Waals surface area contributed by atoms with Gasteiger partial charge >= 0.3 is 0 Å². The number of phenols is 1. The summed E-state index contributed by atoms with van der Waals surface area (Å²) in [6.45, 7) is 0. The third kappa shape index (κ3) is 3.18. The fourth-order valence-electron chi connectivity index (χ4n) is 8.70. The highest BCUT2D eigenvalue weighted by Crippen LogP contribution is 2.83. The van der Waals surface area contributed by atoms with Gasteiger partial charge in [-0.1, -0.05) is 48.3 Å². The van der Waals surface area contributed by atoms with Gasteiger partial charge in [-0.3, -0.25) is 0 Å². The van der Waals surface area contributed by atoms with Gasteiger partial charge in [0.15, 0.2) is 0 Å². The van der Waals surface area contributed by atoms with Gasteiger partial charge in [0.1, 0.15) is 92.1 Å². The van der Waals surface area contributed by atoms with E-state index >= 15 is 0 Å². The van der Waals surface area contributed by atoms with Crippen LogP contribution in [-0.2, 0) is 5.31 Å². The standard InChI is InChI=1S/C16H42B17NO2/c1-34(2)16(32,33)9(21,3-4(17)6(19)8(35)7(20)5(3)18)10(36)11(22,23)13(26,27)15(30,31)14(28,29)12(10,24)25/h35-36H,17-33H2,1-2H3. The molecule has 1 aromatic carbocycles. The molecule has 0 radical (unpaired) electrons. The summed E-state index contributed by atoms with van der Waals surface area (Å²) in [7, 11) is 42.9. The van der Waals surface area contributed by atoms with E-state index in [0.29, 0.717) is 5.75 Å². The maximum Gasteiger partial charge on any atom is 0.143 e. The number of likely N-dealkylation sites (N-methyl/N-ethyl adjacent to an activating group) is 1. The highest BCUT2D eigenvalue weighted by Gasteiger charge is 2.78. The Bertz CT molecular complexity index is 1030. The van der Waals surface area contributed by atoms with E-state index in [1.165, 1.54) is 5.56 Å². The molecular formula is C16H42B17NO2. The molecule has 1 fully saturated rings. The lowest BCUT2D eigenvalue weighted by molar-refractivity contribution is -0.0887. The second-order valence-electron chi connectivity index (χ2n) is 15.6. The van der Waals surface area contributed by atoms with Crippen molar-refractivity contribution in [2.75, 3.05) is 14.1 Å². The Kier molecular flexibility index (Phi) is 7.63. The first-order valence-electron chi connectivity index (χ1n) is 13.8. The van der Waals surface area contributed by atoms with Crippen molar-refractivity contribution in [3.8, 4) is 5.75 Å². The van der Waals surface area contributed by atoms with Crippen molar-refractivity contribution in [2.24, 2.45) is 0 Å². The Hall–Kier alpha value is 0.0439. The third-order valence-corrected chi connectivity index (χ3v) is 14.2. The van der Waals surface area contributed by atoms with E-state index in [-0.39, 0.29) is 15.6 Å². The Morgan fingerprint density at radius 2 is 0.861 bits per heavy atom. The van der Waals surface area contributed by atoms with E-state index in [4.69, 9.17) is 0 Å². The Morgan fingerprint density at radius 1 is 0.583 bits per heavy atom. The number of rotatable bonds is 4.